The van der Waals surface area contributed by atoms with Crippen LogP contribution in [0, 0.1) is 13.8 Å². The second kappa shape index (κ2) is 5.26. The molecule has 1 aliphatic rings. The molecule has 3 rings (SSSR count). The number of nitrogens with one attached hydrogen (secondary N) is 3. The standard InChI is InChI=1S/C16H17N3O5/c1-7-5-10-12(19-15(22)18-10)11(8(7)2)17-6-9-13(20)23-16(3,4)24-14(9)21/h5-6,17H,1-4H3,(H2,18,19,22). The number of aromatic nitrogens is 2. The van der Waals surface area contributed by atoms with Gasteiger partial charge in [0.25, 0.3) is 5.79 Å². The van der Waals surface area contributed by atoms with Crippen LogP contribution in [-0.4, -0.2) is 27.7 Å². The maximum atomic E-state index is 12.0. The maximum absolute atomic E-state index is 12.0. The van der Waals surface area contributed by atoms with Crippen LogP contribution in [0.3, 0.4) is 0 Å². The van der Waals surface area contributed by atoms with E-state index in [2.05, 4.69) is 15.3 Å². The lowest BCUT2D eigenvalue weighted by Gasteiger charge is -2.29. The summed E-state index contributed by atoms with van der Waals surface area (Å²) >= 11 is 0. The second-order valence-corrected chi connectivity index (χ2v) is 6.08. The molecule has 0 aliphatic carbocycles. The second-order valence-electron chi connectivity index (χ2n) is 6.08. The number of aromatic amines is 2. The summed E-state index contributed by atoms with van der Waals surface area (Å²) in [6.45, 7) is 6.71. The lowest BCUT2D eigenvalue weighted by Crippen LogP contribution is -2.42. The minimum absolute atomic E-state index is 0.249. The van der Waals surface area contributed by atoms with Gasteiger partial charge in [-0.05, 0) is 31.0 Å². The SMILES string of the molecule is Cc1cc2[nH]c(=O)[nH]c2c(NC=C2C(=O)OC(C)(C)OC2=O)c1C. The van der Waals surface area contributed by atoms with Crippen molar-refractivity contribution in [3.8, 4) is 0 Å². The number of esters is 2. The van der Waals surface area contributed by atoms with Gasteiger partial charge in [-0.2, -0.15) is 0 Å². The largest absolute Gasteiger partial charge is 0.419 e. The van der Waals surface area contributed by atoms with Gasteiger partial charge in [0.05, 0.1) is 16.7 Å². The Morgan fingerprint density at radius 2 is 1.71 bits per heavy atom. The van der Waals surface area contributed by atoms with Gasteiger partial charge in [-0.1, -0.05) is 0 Å². The number of rotatable bonds is 2. The molecule has 0 bridgehead atoms. The van der Waals surface area contributed by atoms with Crippen molar-refractivity contribution in [2.24, 2.45) is 0 Å². The number of hydrogen-bond donors (Lipinski definition) is 3. The van der Waals surface area contributed by atoms with Crippen LogP contribution in [0.2, 0.25) is 0 Å². The molecule has 1 saturated heterocycles. The van der Waals surface area contributed by atoms with Crippen molar-refractivity contribution < 1.29 is 19.1 Å². The van der Waals surface area contributed by atoms with Gasteiger partial charge in [-0.25, -0.2) is 14.4 Å². The molecule has 1 aromatic carbocycles. The number of carbonyl (C=O) groups excluding carboxylic acids is 2. The molecule has 0 saturated carbocycles. The van der Waals surface area contributed by atoms with Gasteiger partial charge < -0.3 is 24.8 Å². The number of cyclic esters (lactones) is 2. The number of imidazole rings is 1. The van der Waals surface area contributed by atoms with Crippen LogP contribution in [0.5, 0.6) is 0 Å². The third-order valence-electron chi connectivity index (χ3n) is 3.81. The Labute approximate surface area is 136 Å². The lowest BCUT2D eigenvalue weighted by atomic mass is 10.1. The summed E-state index contributed by atoms with van der Waals surface area (Å²) in [5, 5.41) is 2.91. The highest BCUT2D eigenvalue weighted by Gasteiger charge is 2.39. The van der Waals surface area contributed by atoms with Gasteiger partial charge in [0, 0.05) is 20.0 Å². The summed E-state index contributed by atoms with van der Waals surface area (Å²) in [7, 11) is 0. The van der Waals surface area contributed by atoms with E-state index in [9.17, 15) is 14.4 Å². The Morgan fingerprint density at radius 3 is 2.33 bits per heavy atom. The van der Waals surface area contributed by atoms with E-state index >= 15 is 0 Å². The minimum Gasteiger partial charge on any atom is -0.419 e. The minimum atomic E-state index is -1.29. The normalized spacial score (nSPS) is 16.8. The van der Waals surface area contributed by atoms with Crippen molar-refractivity contribution in [3.63, 3.8) is 0 Å². The molecule has 0 amide bonds. The van der Waals surface area contributed by atoms with Gasteiger partial charge >= 0.3 is 17.6 Å². The zero-order valence-corrected chi connectivity index (χ0v) is 13.7. The van der Waals surface area contributed by atoms with Crippen LogP contribution < -0.4 is 11.0 Å². The van der Waals surface area contributed by atoms with Gasteiger partial charge in [0.1, 0.15) is 0 Å². The Morgan fingerprint density at radius 1 is 1.08 bits per heavy atom. The lowest BCUT2D eigenvalue weighted by molar-refractivity contribution is -0.222. The fraction of sp³-hybridized carbons (Fsp3) is 0.312. The number of carbonyl (C=O) groups is 2. The maximum Gasteiger partial charge on any atom is 0.350 e. The third kappa shape index (κ3) is 2.66. The molecule has 24 heavy (non-hydrogen) atoms. The molecule has 0 unspecified atom stereocenters. The van der Waals surface area contributed by atoms with Crippen LogP contribution in [0.1, 0.15) is 25.0 Å². The topological polar surface area (TPSA) is 113 Å². The predicted octanol–water partition coefficient (Wildman–Crippen LogP) is 1.60. The molecule has 0 spiro atoms. The number of ether oxygens (including phenoxy) is 2. The van der Waals surface area contributed by atoms with E-state index in [1.165, 1.54) is 20.0 Å². The number of anilines is 1. The smallest absolute Gasteiger partial charge is 0.350 e. The highest BCUT2D eigenvalue weighted by atomic mass is 16.7. The molecule has 3 N–H and O–H groups in total. The molecule has 0 atom stereocenters. The fourth-order valence-electron chi connectivity index (χ4n) is 2.51. The van der Waals surface area contributed by atoms with Gasteiger partial charge in [-0.3, -0.25) is 0 Å². The van der Waals surface area contributed by atoms with Crippen molar-refractivity contribution in [1.82, 2.24) is 9.97 Å². The summed E-state index contributed by atoms with van der Waals surface area (Å²) in [6.07, 6.45) is 1.23. The Kier molecular flexibility index (Phi) is 3.47. The van der Waals surface area contributed by atoms with Crippen molar-refractivity contribution in [1.29, 1.82) is 0 Å². The van der Waals surface area contributed by atoms with E-state index in [4.69, 9.17) is 9.47 Å². The zero-order chi connectivity index (χ0) is 17.6. The van der Waals surface area contributed by atoms with Gasteiger partial charge in [-0.15, -0.1) is 0 Å². The molecule has 8 heteroatoms. The Bertz CT molecular complexity index is 927. The average molecular weight is 331 g/mol. The number of hydrogen-bond acceptors (Lipinski definition) is 6. The Hall–Kier alpha value is -3.03. The molecule has 0 radical (unpaired) electrons. The highest BCUT2D eigenvalue weighted by molar-refractivity contribution is 6.15. The average Bonchev–Trinajstić information content (AvgIpc) is 2.80. The molecule has 2 aromatic rings. The quantitative estimate of drug-likeness (QED) is 0.438. The fourth-order valence-corrected chi connectivity index (χ4v) is 2.51. The van der Waals surface area contributed by atoms with Crippen LogP contribution in [-0.2, 0) is 19.1 Å². The monoisotopic (exact) mass is 331 g/mol. The number of fused-ring (bicyclic) bond motifs is 1. The van der Waals surface area contributed by atoms with Gasteiger partial charge in [0.15, 0.2) is 5.57 Å². The molecule has 8 nitrogen and oxygen atoms in total. The van der Waals surface area contributed by atoms with E-state index in [1.54, 1.807) is 0 Å². The van der Waals surface area contributed by atoms with Crippen LogP contribution in [0.15, 0.2) is 22.6 Å². The summed E-state index contributed by atoms with van der Waals surface area (Å²) in [4.78, 5) is 40.8. The zero-order valence-electron chi connectivity index (χ0n) is 13.7. The molecular weight excluding hydrogens is 314 g/mol. The van der Waals surface area contributed by atoms with E-state index in [1.807, 2.05) is 19.9 Å². The van der Waals surface area contributed by atoms with Crippen molar-refractivity contribution in [2.75, 3.05) is 5.32 Å². The van der Waals surface area contributed by atoms with E-state index in [0.717, 1.165) is 11.1 Å². The number of benzene rings is 1. The van der Waals surface area contributed by atoms with E-state index < -0.39 is 17.7 Å². The molecule has 1 aliphatic heterocycles. The summed E-state index contributed by atoms with van der Waals surface area (Å²) in [5.74, 6) is -2.83. The van der Waals surface area contributed by atoms with E-state index in [-0.39, 0.29) is 11.3 Å². The van der Waals surface area contributed by atoms with Crippen LogP contribution in [0.4, 0.5) is 5.69 Å². The predicted molar refractivity (Wildman–Crippen MR) is 86.4 cm³/mol. The third-order valence-corrected chi connectivity index (χ3v) is 3.81. The van der Waals surface area contributed by atoms with E-state index in [0.29, 0.717) is 16.7 Å². The first-order valence-corrected chi connectivity index (χ1v) is 7.33. The molecule has 1 aromatic heterocycles. The van der Waals surface area contributed by atoms with Crippen molar-refractivity contribution >= 4 is 28.7 Å². The van der Waals surface area contributed by atoms with Crippen molar-refractivity contribution in [3.05, 3.63) is 39.5 Å². The molecule has 126 valence electrons. The summed E-state index contributed by atoms with van der Waals surface area (Å²) < 4.78 is 10.1. The molecule has 2 heterocycles. The van der Waals surface area contributed by atoms with Crippen LogP contribution >= 0.6 is 0 Å². The first kappa shape index (κ1) is 15.9. The van der Waals surface area contributed by atoms with Crippen LogP contribution in [0.25, 0.3) is 11.0 Å². The number of H-pyrrole nitrogens is 2. The summed E-state index contributed by atoms with van der Waals surface area (Å²) in [6, 6.07) is 1.84. The molecule has 1 fully saturated rings. The first-order valence-electron chi connectivity index (χ1n) is 7.33. The Balaban J connectivity index is 2.02. The summed E-state index contributed by atoms with van der Waals surface area (Å²) in [5.41, 5.74) is 2.98. The van der Waals surface area contributed by atoms with Gasteiger partial charge in [0.2, 0.25) is 0 Å². The van der Waals surface area contributed by atoms with Crippen molar-refractivity contribution in [2.45, 2.75) is 33.5 Å². The first-order chi connectivity index (χ1) is 11.2. The highest BCUT2D eigenvalue weighted by Crippen LogP contribution is 2.28. The number of aryl methyl sites for hydroxylation is 1. The molecular formula is C16H17N3O5.